The number of methoxy groups -OCH3 is 1. The number of amides is 1. The average Bonchev–Trinajstić information content (AvgIpc) is 2.76. The SMILES string of the molecule is CO[C@H]1O[C@@H]2COC(c3ccccc3)O[C@H]2[C@@H](NC(=O)c2ccccc2)[C@@H]1O. The van der Waals surface area contributed by atoms with Gasteiger partial charge in [-0.05, 0) is 12.1 Å². The number of rotatable bonds is 4. The predicted octanol–water partition coefficient (Wildman–Crippen LogP) is 1.63. The molecule has 0 saturated carbocycles. The summed E-state index contributed by atoms with van der Waals surface area (Å²) >= 11 is 0. The highest BCUT2D eigenvalue weighted by atomic mass is 16.7. The minimum Gasteiger partial charge on any atom is -0.386 e. The van der Waals surface area contributed by atoms with Crippen LogP contribution < -0.4 is 5.32 Å². The predicted molar refractivity (Wildman–Crippen MR) is 99.4 cm³/mol. The fourth-order valence-corrected chi connectivity index (χ4v) is 3.57. The quantitative estimate of drug-likeness (QED) is 0.832. The van der Waals surface area contributed by atoms with Crippen molar-refractivity contribution in [2.75, 3.05) is 13.7 Å². The third-order valence-electron chi connectivity index (χ3n) is 5.01. The molecule has 7 nitrogen and oxygen atoms in total. The number of fused-ring (bicyclic) bond motifs is 1. The maximum atomic E-state index is 12.7. The van der Waals surface area contributed by atoms with E-state index in [4.69, 9.17) is 18.9 Å². The molecule has 6 atom stereocenters. The largest absolute Gasteiger partial charge is 0.386 e. The summed E-state index contributed by atoms with van der Waals surface area (Å²) in [5.41, 5.74) is 1.36. The van der Waals surface area contributed by atoms with Gasteiger partial charge in [-0.15, -0.1) is 0 Å². The standard InChI is InChI=1S/C21H23NO6/c1-25-21-17(23)16(22-19(24)13-8-4-2-5-9-13)18-15(27-21)12-26-20(28-18)14-10-6-3-7-11-14/h2-11,15-18,20-21,23H,12H2,1H3,(H,22,24)/t15-,16+,17+,18-,20?,21+/m1/s1. The third kappa shape index (κ3) is 3.80. The summed E-state index contributed by atoms with van der Waals surface area (Å²) in [6.07, 6.45) is -3.65. The highest BCUT2D eigenvalue weighted by Crippen LogP contribution is 2.34. The van der Waals surface area contributed by atoms with E-state index < -0.39 is 36.9 Å². The first-order valence-electron chi connectivity index (χ1n) is 9.21. The van der Waals surface area contributed by atoms with Gasteiger partial charge >= 0.3 is 0 Å². The Hall–Kier alpha value is -2.29. The number of benzene rings is 2. The van der Waals surface area contributed by atoms with Crippen LogP contribution in [0, 0.1) is 0 Å². The number of aliphatic hydroxyl groups is 1. The zero-order valence-electron chi connectivity index (χ0n) is 15.4. The summed E-state index contributed by atoms with van der Waals surface area (Å²) in [6.45, 7) is 0.258. The van der Waals surface area contributed by atoms with Gasteiger partial charge in [0.25, 0.3) is 5.91 Å². The van der Waals surface area contributed by atoms with Crippen LogP contribution >= 0.6 is 0 Å². The summed E-state index contributed by atoms with van der Waals surface area (Å²) in [7, 11) is 1.45. The zero-order valence-corrected chi connectivity index (χ0v) is 15.4. The molecule has 0 radical (unpaired) electrons. The molecule has 2 heterocycles. The lowest BCUT2D eigenvalue weighted by Gasteiger charge is -2.47. The highest BCUT2D eigenvalue weighted by Gasteiger charge is 2.50. The number of carbonyl (C=O) groups is 1. The lowest BCUT2D eigenvalue weighted by molar-refractivity contribution is -0.340. The van der Waals surface area contributed by atoms with Gasteiger partial charge < -0.3 is 29.4 Å². The second kappa shape index (κ2) is 8.38. The molecule has 0 aliphatic carbocycles. The topological polar surface area (TPSA) is 86.3 Å². The molecule has 2 N–H and O–H groups in total. The van der Waals surface area contributed by atoms with E-state index in [1.54, 1.807) is 24.3 Å². The van der Waals surface area contributed by atoms with Crippen molar-refractivity contribution in [1.82, 2.24) is 5.32 Å². The Morgan fingerprint density at radius 3 is 2.43 bits per heavy atom. The van der Waals surface area contributed by atoms with Crippen molar-refractivity contribution < 1.29 is 28.8 Å². The van der Waals surface area contributed by atoms with Crippen LogP contribution in [0.3, 0.4) is 0 Å². The lowest BCUT2D eigenvalue weighted by Crippen LogP contribution is -2.67. The number of hydrogen-bond acceptors (Lipinski definition) is 6. The van der Waals surface area contributed by atoms with Crippen molar-refractivity contribution in [1.29, 1.82) is 0 Å². The van der Waals surface area contributed by atoms with E-state index in [0.717, 1.165) is 5.56 Å². The van der Waals surface area contributed by atoms with Crippen LogP contribution in [0.1, 0.15) is 22.2 Å². The number of ether oxygens (including phenoxy) is 4. The molecule has 2 aromatic rings. The van der Waals surface area contributed by atoms with Crippen molar-refractivity contribution in [3.63, 3.8) is 0 Å². The zero-order chi connectivity index (χ0) is 19.5. The maximum Gasteiger partial charge on any atom is 0.251 e. The molecule has 2 aromatic carbocycles. The van der Waals surface area contributed by atoms with E-state index in [0.29, 0.717) is 5.56 Å². The smallest absolute Gasteiger partial charge is 0.251 e. The molecular formula is C21H23NO6. The Morgan fingerprint density at radius 2 is 1.75 bits per heavy atom. The first-order chi connectivity index (χ1) is 13.7. The van der Waals surface area contributed by atoms with E-state index in [2.05, 4.69) is 5.32 Å². The Balaban J connectivity index is 1.56. The second-order valence-electron chi connectivity index (χ2n) is 6.81. The van der Waals surface area contributed by atoms with E-state index in [-0.39, 0.29) is 12.5 Å². The number of aliphatic hydroxyl groups excluding tert-OH is 1. The molecule has 4 rings (SSSR count). The Labute approximate surface area is 163 Å². The molecule has 1 amide bonds. The van der Waals surface area contributed by atoms with Gasteiger partial charge in [0.15, 0.2) is 12.6 Å². The van der Waals surface area contributed by atoms with Gasteiger partial charge in [0, 0.05) is 18.2 Å². The van der Waals surface area contributed by atoms with Gasteiger partial charge in [0.2, 0.25) is 0 Å². The van der Waals surface area contributed by atoms with E-state index in [1.807, 2.05) is 36.4 Å². The van der Waals surface area contributed by atoms with Crippen molar-refractivity contribution in [2.45, 2.75) is 36.9 Å². The second-order valence-corrected chi connectivity index (χ2v) is 6.81. The van der Waals surface area contributed by atoms with Gasteiger partial charge in [0.1, 0.15) is 18.3 Å². The van der Waals surface area contributed by atoms with Crippen molar-refractivity contribution in [2.24, 2.45) is 0 Å². The maximum absolute atomic E-state index is 12.7. The summed E-state index contributed by atoms with van der Waals surface area (Å²) in [5.74, 6) is -0.300. The van der Waals surface area contributed by atoms with Crippen LogP contribution in [0.4, 0.5) is 0 Å². The van der Waals surface area contributed by atoms with E-state index in [1.165, 1.54) is 7.11 Å². The van der Waals surface area contributed by atoms with Gasteiger partial charge in [-0.2, -0.15) is 0 Å². The van der Waals surface area contributed by atoms with Crippen LogP contribution in [0.5, 0.6) is 0 Å². The molecular weight excluding hydrogens is 362 g/mol. The van der Waals surface area contributed by atoms with E-state index >= 15 is 0 Å². The van der Waals surface area contributed by atoms with Crippen molar-refractivity contribution in [3.05, 3.63) is 71.8 Å². The van der Waals surface area contributed by atoms with Gasteiger partial charge in [-0.3, -0.25) is 4.79 Å². The first kappa shape index (κ1) is 19.0. The van der Waals surface area contributed by atoms with Crippen LogP contribution in [0.25, 0.3) is 0 Å². The molecule has 0 spiro atoms. The monoisotopic (exact) mass is 385 g/mol. The third-order valence-corrected chi connectivity index (χ3v) is 5.01. The molecule has 2 saturated heterocycles. The summed E-state index contributed by atoms with van der Waals surface area (Å²) in [6, 6.07) is 17.6. The molecule has 0 aromatic heterocycles. The molecule has 148 valence electrons. The Kier molecular flexibility index (Phi) is 5.70. The molecule has 2 aliphatic heterocycles. The van der Waals surface area contributed by atoms with Crippen molar-refractivity contribution in [3.8, 4) is 0 Å². The van der Waals surface area contributed by atoms with Gasteiger partial charge in [-0.1, -0.05) is 48.5 Å². The summed E-state index contributed by atoms with van der Waals surface area (Å²) in [5, 5.41) is 13.6. The summed E-state index contributed by atoms with van der Waals surface area (Å²) in [4.78, 5) is 12.7. The summed E-state index contributed by atoms with van der Waals surface area (Å²) < 4.78 is 22.9. The Bertz CT molecular complexity index is 786. The van der Waals surface area contributed by atoms with Crippen molar-refractivity contribution >= 4 is 5.91 Å². The fourth-order valence-electron chi connectivity index (χ4n) is 3.57. The normalized spacial score (nSPS) is 32.4. The molecule has 28 heavy (non-hydrogen) atoms. The Morgan fingerprint density at radius 1 is 1.07 bits per heavy atom. The minimum atomic E-state index is -1.09. The molecule has 0 bridgehead atoms. The molecule has 2 aliphatic rings. The van der Waals surface area contributed by atoms with Crippen LogP contribution in [0.2, 0.25) is 0 Å². The molecule has 7 heteroatoms. The number of hydrogen-bond donors (Lipinski definition) is 2. The van der Waals surface area contributed by atoms with Gasteiger partial charge in [-0.25, -0.2) is 0 Å². The van der Waals surface area contributed by atoms with Crippen LogP contribution in [-0.2, 0) is 18.9 Å². The molecule has 1 unspecified atom stereocenters. The lowest BCUT2D eigenvalue weighted by atomic mass is 9.94. The van der Waals surface area contributed by atoms with Gasteiger partial charge in [0.05, 0.1) is 12.6 Å². The minimum absolute atomic E-state index is 0.258. The number of carbonyl (C=O) groups excluding carboxylic acids is 1. The molecule has 2 fully saturated rings. The van der Waals surface area contributed by atoms with E-state index in [9.17, 15) is 9.90 Å². The van der Waals surface area contributed by atoms with Crippen LogP contribution in [-0.4, -0.2) is 55.4 Å². The fraction of sp³-hybridized carbons (Fsp3) is 0.381. The first-order valence-corrected chi connectivity index (χ1v) is 9.21. The van der Waals surface area contributed by atoms with Crippen LogP contribution in [0.15, 0.2) is 60.7 Å². The average molecular weight is 385 g/mol. The highest BCUT2D eigenvalue weighted by molar-refractivity contribution is 5.94. The number of nitrogens with one attached hydrogen (secondary N) is 1.